The van der Waals surface area contributed by atoms with Gasteiger partial charge < -0.3 is 10.2 Å². The van der Waals surface area contributed by atoms with Crippen LogP contribution in [0, 0.1) is 34.3 Å². The molecule has 1 aliphatic heterocycles. The maximum absolute atomic E-state index is 15.3. The van der Waals surface area contributed by atoms with E-state index in [2.05, 4.69) is 21.5 Å². The van der Waals surface area contributed by atoms with E-state index in [9.17, 15) is 19.2 Å². The van der Waals surface area contributed by atoms with E-state index in [1.54, 1.807) is 30.2 Å². The summed E-state index contributed by atoms with van der Waals surface area (Å²) in [6.45, 7) is 0.220. The molecule has 1 aromatic carbocycles. The number of hydrogen-bond donors (Lipinski definition) is 1. The molecule has 0 unspecified atom stereocenters. The van der Waals surface area contributed by atoms with E-state index in [4.69, 9.17) is 0 Å². The fourth-order valence-electron chi connectivity index (χ4n) is 4.70. The molecule has 3 heterocycles. The van der Waals surface area contributed by atoms with Crippen molar-refractivity contribution in [2.45, 2.75) is 25.7 Å². The van der Waals surface area contributed by atoms with Gasteiger partial charge in [-0.05, 0) is 54.5 Å². The summed E-state index contributed by atoms with van der Waals surface area (Å²) < 4.78 is 31.1. The fourth-order valence-corrected chi connectivity index (χ4v) is 4.70. The molecule has 1 N–H and O–H groups in total. The third-order valence-corrected chi connectivity index (χ3v) is 6.61. The van der Waals surface area contributed by atoms with Crippen LogP contribution in [-0.2, 0) is 23.1 Å². The van der Waals surface area contributed by atoms with Crippen LogP contribution in [0.5, 0.6) is 0 Å². The Morgan fingerprint density at radius 2 is 2.09 bits per heavy atom. The average molecular weight is 476 g/mol. The summed E-state index contributed by atoms with van der Waals surface area (Å²) in [4.78, 5) is 30.9. The van der Waals surface area contributed by atoms with Crippen molar-refractivity contribution in [2.75, 3.05) is 16.8 Å². The van der Waals surface area contributed by atoms with Crippen molar-refractivity contribution < 1.29 is 18.4 Å². The van der Waals surface area contributed by atoms with E-state index >= 15 is 4.39 Å². The Kier molecular flexibility index (Phi) is 5.55. The molecular formula is C25H22F2N6O2. The highest BCUT2D eigenvalue weighted by molar-refractivity contribution is 6.03. The van der Waals surface area contributed by atoms with Gasteiger partial charge in [0.25, 0.3) is 0 Å². The minimum absolute atomic E-state index is 0.0110. The third kappa shape index (κ3) is 4.14. The third-order valence-electron chi connectivity index (χ3n) is 6.61. The summed E-state index contributed by atoms with van der Waals surface area (Å²) in [5, 5.41) is 16.2. The summed E-state index contributed by atoms with van der Waals surface area (Å²) in [6, 6.07) is 7.78. The Hall–Kier alpha value is -4.13. The zero-order valence-corrected chi connectivity index (χ0v) is 19.0. The number of aromatic nitrogens is 3. The predicted molar refractivity (Wildman–Crippen MR) is 123 cm³/mol. The number of carbonyl (C=O) groups excluding carboxylic acids is 2. The van der Waals surface area contributed by atoms with E-state index in [1.807, 2.05) is 0 Å². The predicted octanol–water partition coefficient (Wildman–Crippen LogP) is 3.60. The van der Waals surface area contributed by atoms with Gasteiger partial charge in [-0.3, -0.25) is 14.3 Å². The van der Waals surface area contributed by atoms with Gasteiger partial charge in [0.15, 0.2) is 11.6 Å². The van der Waals surface area contributed by atoms with Gasteiger partial charge in [-0.2, -0.15) is 10.4 Å². The lowest BCUT2D eigenvalue weighted by atomic mass is 9.83. The number of hydrogen-bond acceptors (Lipinski definition) is 5. The number of nitrogens with zero attached hydrogens (tertiary/aromatic N) is 5. The number of carbonyl (C=O) groups is 2. The number of nitriles is 1. The smallest absolute Gasteiger partial charge is 0.247 e. The summed E-state index contributed by atoms with van der Waals surface area (Å²) in [7, 11) is 1.74. The Bertz CT molecular complexity index is 1380. The van der Waals surface area contributed by atoms with Crippen LogP contribution in [0.4, 0.5) is 20.3 Å². The molecule has 3 aromatic rings. The highest BCUT2D eigenvalue weighted by atomic mass is 19.1. The second-order valence-electron chi connectivity index (χ2n) is 9.03. The van der Waals surface area contributed by atoms with Crippen LogP contribution in [-0.4, -0.2) is 33.1 Å². The second kappa shape index (κ2) is 8.58. The largest absolute Gasteiger partial charge is 0.308 e. The molecule has 2 aromatic heterocycles. The van der Waals surface area contributed by atoms with Crippen LogP contribution in [0.3, 0.4) is 0 Å². The van der Waals surface area contributed by atoms with Crippen molar-refractivity contribution in [3.05, 3.63) is 60.1 Å². The number of nitrogens with one attached hydrogen (secondary N) is 1. The van der Waals surface area contributed by atoms with E-state index in [0.717, 1.165) is 12.8 Å². The van der Waals surface area contributed by atoms with Gasteiger partial charge in [-0.25, -0.2) is 13.8 Å². The maximum Gasteiger partial charge on any atom is 0.247 e. The van der Waals surface area contributed by atoms with Crippen molar-refractivity contribution in [1.82, 2.24) is 14.8 Å². The van der Waals surface area contributed by atoms with E-state index in [0.29, 0.717) is 23.1 Å². The van der Waals surface area contributed by atoms with Crippen LogP contribution in [0.15, 0.2) is 42.9 Å². The van der Waals surface area contributed by atoms with Crippen molar-refractivity contribution in [1.29, 1.82) is 5.26 Å². The molecule has 1 saturated heterocycles. The molecule has 178 valence electrons. The van der Waals surface area contributed by atoms with E-state index < -0.39 is 28.9 Å². The SMILES string of the molecule is Cn1cc(-c2cc(F)cc(CC(=O)Nc3nccc(N4CC[C@@](C#N)(C5CC5)C4=O)c3F)c2)cn1. The lowest BCUT2D eigenvalue weighted by Gasteiger charge is -2.21. The monoisotopic (exact) mass is 476 g/mol. The van der Waals surface area contributed by atoms with E-state index in [-0.39, 0.29) is 30.4 Å². The normalized spacial score (nSPS) is 19.6. The lowest BCUT2D eigenvalue weighted by Crippen LogP contribution is -2.35. The number of anilines is 2. The fraction of sp³-hybridized carbons (Fsp3) is 0.320. The molecule has 2 fully saturated rings. The molecule has 1 aliphatic carbocycles. The van der Waals surface area contributed by atoms with Gasteiger partial charge in [0.05, 0.1) is 24.4 Å². The van der Waals surface area contributed by atoms with Crippen LogP contribution < -0.4 is 10.2 Å². The Morgan fingerprint density at radius 1 is 1.29 bits per heavy atom. The standard InChI is InChI=1S/C25H22F2N6O2/c1-32-13-17(12-30-32)16-8-15(9-19(26)11-16)10-21(34)31-23-22(27)20(4-6-29-23)33-7-5-25(14-28,24(33)35)18-2-3-18/h4,6,8-9,11-13,18H,2-3,5,7,10H2,1H3,(H,29,31,34)/t25-/m1/s1. The quantitative estimate of drug-likeness (QED) is 0.586. The minimum Gasteiger partial charge on any atom is -0.308 e. The van der Waals surface area contributed by atoms with Gasteiger partial charge in [-0.1, -0.05) is 6.07 Å². The number of rotatable bonds is 6. The molecule has 0 spiro atoms. The summed E-state index contributed by atoms with van der Waals surface area (Å²) in [5.74, 6) is -2.68. The molecule has 1 saturated carbocycles. The van der Waals surface area contributed by atoms with Crippen LogP contribution >= 0.6 is 0 Å². The zero-order valence-electron chi connectivity index (χ0n) is 19.0. The summed E-state index contributed by atoms with van der Waals surface area (Å²) >= 11 is 0. The molecule has 5 rings (SSSR count). The number of halogens is 2. The zero-order chi connectivity index (χ0) is 24.7. The van der Waals surface area contributed by atoms with Crippen molar-refractivity contribution in [2.24, 2.45) is 18.4 Å². The lowest BCUT2D eigenvalue weighted by molar-refractivity contribution is -0.123. The van der Waals surface area contributed by atoms with Crippen LogP contribution in [0.25, 0.3) is 11.1 Å². The average Bonchev–Trinajstić information content (AvgIpc) is 3.50. The first-order valence-corrected chi connectivity index (χ1v) is 11.3. The van der Waals surface area contributed by atoms with Crippen molar-refractivity contribution >= 4 is 23.3 Å². The summed E-state index contributed by atoms with van der Waals surface area (Å²) in [6.07, 6.45) is 6.38. The number of amides is 2. The van der Waals surface area contributed by atoms with Gasteiger partial charge in [0.2, 0.25) is 11.8 Å². The number of pyridine rings is 1. The van der Waals surface area contributed by atoms with Crippen molar-refractivity contribution in [3.63, 3.8) is 0 Å². The first kappa shape index (κ1) is 22.7. The second-order valence-corrected chi connectivity index (χ2v) is 9.03. The van der Waals surface area contributed by atoms with Gasteiger partial charge in [-0.15, -0.1) is 0 Å². The molecule has 0 bridgehead atoms. The Morgan fingerprint density at radius 3 is 2.77 bits per heavy atom. The highest BCUT2D eigenvalue weighted by Gasteiger charge is 2.57. The first-order valence-electron chi connectivity index (χ1n) is 11.3. The first-order chi connectivity index (χ1) is 16.8. The molecule has 0 radical (unpaired) electrons. The minimum atomic E-state index is -1.11. The molecular weight excluding hydrogens is 454 g/mol. The molecule has 2 amide bonds. The van der Waals surface area contributed by atoms with Crippen molar-refractivity contribution in [3.8, 4) is 17.2 Å². The Labute approximate surface area is 200 Å². The van der Waals surface area contributed by atoms with Crippen LogP contribution in [0.1, 0.15) is 24.8 Å². The Balaban J connectivity index is 1.33. The number of aryl methyl sites for hydroxylation is 1. The van der Waals surface area contributed by atoms with Gasteiger partial charge >= 0.3 is 0 Å². The topological polar surface area (TPSA) is 104 Å². The molecule has 35 heavy (non-hydrogen) atoms. The molecule has 2 aliphatic rings. The maximum atomic E-state index is 15.3. The summed E-state index contributed by atoms with van der Waals surface area (Å²) in [5.41, 5.74) is 0.529. The molecule has 1 atom stereocenters. The highest BCUT2D eigenvalue weighted by Crippen LogP contribution is 2.52. The molecule has 8 nitrogen and oxygen atoms in total. The molecule has 10 heteroatoms. The van der Waals surface area contributed by atoms with Gasteiger partial charge in [0.1, 0.15) is 11.2 Å². The van der Waals surface area contributed by atoms with Gasteiger partial charge in [0, 0.05) is 31.5 Å². The number of benzene rings is 1. The van der Waals surface area contributed by atoms with Crippen LogP contribution in [0.2, 0.25) is 0 Å². The van der Waals surface area contributed by atoms with E-state index in [1.165, 1.54) is 29.3 Å².